The molecule has 0 saturated carbocycles. The summed E-state index contributed by atoms with van der Waals surface area (Å²) in [7, 11) is 1.49. The lowest BCUT2D eigenvalue weighted by atomic mass is 10.00. The SMILES string of the molecule is COCCN1C(=O)C(=O)/C(=C(\O)c2ccc([N+](=O)[O-])cc2)C1c1cccs1. The molecule has 1 atom stereocenters. The van der Waals surface area contributed by atoms with Crippen molar-refractivity contribution in [1.82, 2.24) is 4.90 Å². The van der Waals surface area contributed by atoms with E-state index in [1.165, 1.54) is 47.6 Å². The van der Waals surface area contributed by atoms with E-state index in [0.29, 0.717) is 0 Å². The molecule has 1 aliphatic heterocycles. The number of hydrogen-bond donors (Lipinski definition) is 1. The fourth-order valence-corrected chi connectivity index (χ4v) is 3.78. The van der Waals surface area contributed by atoms with Crippen molar-refractivity contribution in [1.29, 1.82) is 0 Å². The number of hydrogen-bond acceptors (Lipinski definition) is 7. The van der Waals surface area contributed by atoms with Crippen LogP contribution in [0.1, 0.15) is 16.5 Å². The number of Topliss-reactive ketones (excluding diaryl/α,β-unsaturated/α-hetero) is 1. The van der Waals surface area contributed by atoms with Crippen LogP contribution >= 0.6 is 11.3 Å². The molecule has 2 aromatic rings. The zero-order valence-corrected chi connectivity index (χ0v) is 15.1. The lowest BCUT2D eigenvalue weighted by molar-refractivity contribution is -0.384. The first-order valence-corrected chi connectivity index (χ1v) is 8.89. The van der Waals surface area contributed by atoms with Crippen molar-refractivity contribution in [2.45, 2.75) is 6.04 Å². The Morgan fingerprint density at radius 2 is 2.00 bits per heavy atom. The van der Waals surface area contributed by atoms with Gasteiger partial charge in [0.2, 0.25) is 0 Å². The van der Waals surface area contributed by atoms with Gasteiger partial charge in [0.15, 0.2) is 0 Å². The fourth-order valence-electron chi connectivity index (χ4n) is 2.94. The van der Waals surface area contributed by atoms with Gasteiger partial charge in [-0.25, -0.2) is 0 Å². The van der Waals surface area contributed by atoms with Crippen LogP contribution < -0.4 is 0 Å². The number of ether oxygens (including phenoxy) is 1. The minimum Gasteiger partial charge on any atom is -0.507 e. The highest BCUT2D eigenvalue weighted by atomic mass is 32.1. The number of nitrogens with zero attached hydrogens (tertiary/aromatic N) is 2. The van der Waals surface area contributed by atoms with Crippen LogP contribution in [0, 0.1) is 10.1 Å². The maximum absolute atomic E-state index is 12.6. The molecule has 0 radical (unpaired) electrons. The van der Waals surface area contributed by atoms with Gasteiger partial charge in [-0.1, -0.05) is 6.07 Å². The maximum atomic E-state index is 12.6. The number of aliphatic hydroxyl groups is 1. The number of likely N-dealkylation sites (tertiary alicyclic amines) is 1. The highest BCUT2D eigenvalue weighted by Gasteiger charge is 2.46. The van der Waals surface area contributed by atoms with Crippen LogP contribution in [0.5, 0.6) is 0 Å². The highest BCUT2D eigenvalue weighted by molar-refractivity contribution is 7.10. The van der Waals surface area contributed by atoms with Crippen LogP contribution in [-0.4, -0.2) is 46.9 Å². The minimum absolute atomic E-state index is 0.0348. The zero-order chi connectivity index (χ0) is 19.6. The van der Waals surface area contributed by atoms with Gasteiger partial charge >= 0.3 is 0 Å². The Kier molecular flexibility index (Phi) is 5.33. The Morgan fingerprint density at radius 1 is 1.30 bits per heavy atom. The molecule has 1 aliphatic rings. The molecule has 2 heterocycles. The Morgan fingerprint density at radius 3 is 2.56 bits per heavy atom. The third kappa shape index (κ3) is 3.46. The smallest absolute Gasteiger partial charge is 0.295 e. The lowest BCUT2D eigenvalue weighted by Crippen LogP contribution is -2.32. The number of rotatable bonds is 6. The molecule has 140 valence electrons. The molecule has 0 bridgehead atoms. The molecule has 1 aromatic heterocycles. The number of thiophene rings is 1. The topological polar surface area (TPSA) is 110 Å². The fraction of sp³-hybridized carbons (Fsp3) is 0.222. The number of non-ortho nitro benzene ring substituents is 1. The Labute approximate surface area is 158 Å². The van der Waals surface area contributed by atoms with Crippen LogP contribution in [0.3, 0.4) is 0 Å². The van der Waals surface area contributed by atoms with E-state index in [9.17, 15) is 24.8 Å². The molecule has 27 heavy (non-hydrogen) atoms. The molecule has 1 fully saturated rings. The Bertz CT molecular complexity index is 904. The molecule has 1 unspecified atom stereocenters. The van der Waals surface area contributed by atoms with E-state index in [-0.39, 0.29) is 35.7 Å². The third-order valence-corrected chi connectivity index (χ3v) is 5.17. The summed E-state index contributed by atoms with van der Waals surface area (Å²) >= 11 is 1.36. The monoisotopic (exact) mass is 388 g/mol. The lowest BCUT2D eigenvalue weighted by Gasteiger charge is -2.23. The van der Waals surface area contributed by atoms with Gasteiger partial charge in [-0.3, -0.25) is 19.7 Å². The first kappa shape index (κ1) is 18.7. The van der Waals surface area contributed by atoms with E-state index < -0.39 is 22.7 Å². The molecule has 9 heteroatoms. The van der Waals surface area contributed by atoms with Crippen LogP contribution in [0.4, 0.5) is 5.69 Å². The molecular formula is C18H16N2O6S. The number of carbonyl (C=O) groups is 2. The van der Waals surface area contributed by atoms with Crippen molar-refractivity contribution in [2.75, 3.05) is 20.3 Å². The minimum atomic E-state index is -0.791. The van der Waals surface area contributed by atoms with E-state index in [1.807, 2.05) is 5.38 Å². The number of nitro groups is 1. The number of aliphatic hydroxyl groups excluding tert-OH is 1. The number of benzene rings is 1. The molecule has 0 aliphatic carbocycles. The second kappa shape index (κ2) is 7.68. The molecule has 1 aromatic carbocycles. The zero-order valence-electron chi connectivity index (χ0n) is 14.3. The van der Waals surface area contributed by atoms with Crippen molar-refractivity contribution in [3.05, 3.63) is 67.9 Å². The van der Waals surface area contributed by atoms with Crippen molar-refractivity contribution in [2.24, 2.45) is 0 Å². The second-order valence-electron chi connectivity index (χ2n) is 5.80. The highest BCUT2D eigenvalue weighted by Crippen LogP contribution is 2.40. The van der Waals surface area contributed by atoms with Crippen LogP contribution in [0.15, 0.2) is 47.4 Å². The van der Waals surface area contributed by atoms with Gasteiger partial charge in [-0.05, 0) is 23.6 Å². The van der Waals surface area contributed by atoms with Crippen LogP contribution in [0.2, 0.25) is 0 Å². The van der Waals surface area contributed by atoms with Crippen LogP contribution in [0.25, 0.3) is 5.76 Å². The van der Waals surface area contributed by atoms with E-state index in [2.05, 4.69) is 0 Å². The molecule has 3 rings (SSSR count). The van der Waals surface area contributed by atoms with E-state index in [4.69, 9.17) is 4.74 Å². The second-order valence-corrected chi connectivity index (χ2v) is 6.78. The summed E-state index contributed by atoms with van der Waals surface area (Å²) in [5.41, 5.74) is 0.0567. The van der Waals surface area contributed by atoms with Gasteiger partial charge in [0.1, 0.15) is 5.76 Å². The first-order valence-electron chi connectivity index (χ1n) is 8.01. The quantitative estimate of drug-likeness (QED) is 0.268. The first-order chi connectivity index (χ1) is 13.0. The Balaban J connectivity index is 2.09. The predicted molar refractivity (Wildman–Crippen MR) is 98.3 cm³/mol. The van der Waals surface area contributed by atoms with E-state index in [1.54, 1.807) is 12.1 Å². The summed E-state index contributed by atoms with van der Waals surface area (Å²) in [6, 6.07) is 8.01. The summed E-state index contributed by atoms with van der Waals surface area (Å²) in [4.78, 5) is 37.5. The standard InChI is InChI=1S/C18H16N2O6S/c1-26-9-8-19-15(13-3-2-10-27-13)14(17(22)18(19)23)16(21)11-4-6-12(7-5-11)20(24)25/h2-7,10,15,21H,8-9H2,1H3/b16-14-. The summed E-state index contributed by atoms with van der Waals surface area (Å²) < 4.78 is 5.02. The number of ketones is 1. The number of methoxy groups -OCH3 is 1. The average molecular weight is 388 g/mol. The molecule has 1 N–H and O–H groups in total. The van der Waals surface area contributed by atoms with Gasteiger partial charge in [0.05, 0.1) is 23.1 Å². The summed E-state index contributed by atoms with van der Waals surface area (Å²) in [5, 5.41) is 23.4. The van der Waals surface area contributed by atoms with E-state index in [0.717, 1.165) is 4.88 Å². The molecular weight excluding hydrogens is 372 g/mol. The normalized spacial score (nSPS) is 18.9. The van der Waals surface area contributed by atoms with Crippen molar-refractivity contribution >= 4 is 34.5 Å². The van der Waals surface area contributed by atoms with Gasteiger partial charge in [-0.15, -0.1) is 11.3 Å². The number of amides is 1. The summed E-state index contributed by atoms with van der Waals surface area (Å²) in [6.45, 7) is 0.438. The maximum Gasteiger partial charge on any atom is 0.295 e. The van der Waals surface area contributed by atoms with Gasteiger partial charge in [0, 0.05) is 36.2 Å². The van der Waals surface area contributed by atoms with E-state index >= 15 is 0 Å². The van der Waals surface area contributed by atoms with Crippen molar-refractivity contribution < 1.29 is 24.4 Å². The van der Waals surface area contributed by atoms with Gasteiger partial charge in [-0.2, -0.15) is 0 Å². The number of nitro benzene ring substituents is 1. The van der Waals surface area contributed by atoms with Crippen LogP contribution in [-0.2, 0) is 14.3 Å². The predicted octanol–water partition coefficient (Wildman–Crippen LogP) is 2.72. The Hall–Kier alpha value is -3.04. The molecule has 1 amide bonds. The summed E-state index contributed by atoms with van der Waals surface area (Å²) in [6.07, 6.45) is 0. The van der Waals surface area contributed by atoms with Gasteiger partial charge in [0.25, 0.3) is 17.4 Å². The van der Waals surface area contributed by atoms with Crippen molar-refractivity contribution in [3.63, 3.8) is 0 Å². The van der Waals surface area contributed by atoms with Gasteiger partial charge < -0.3 is 14.7 Å². The number of carbonyl (C=O) groups excluding carboxylic acids is 2. The average Bonchev–Trinajstić information content (AvgIpc) is 3.27. The van der Waals surface area contributed by atoms with Crippen molar-refractivity contribution in [3.8, 4) is 0 Å². The third-order valence-electron chi connectivity index (χ3n) is 4.24. The largest absolute Gasteiger partial charge is 0.507 e. The molecule has 8 nitrogen and oxygen atoms in total. The molecule has 1 saturated heterocycles. The molecule has 0 spiro atoms. The summed E-state index contributed by atoms with van der Waals surface area (Å²) in [5.74, 6) is -1.86.